The first kappa shape index (κ1) is 16.5. The molecule has 0 unspecified atom stereocenters. The van der Waals surface area contributed by atoms with E-state index in [-0.39, 0.29) is 0 Å². The highest BCUT2D eigenvalue weighted by Gasteiger charge is 2.24. The van der Waals surface area contributed by atoms with E-state index in [9.17, 15) is 4.79 Å². The van der Waals surface area contributed by atoms with Crippen molar-refractivity contribution < 1.29 is 4.79 Å². The largest absolute Gasteiger partial charge is 0.343 e. The second-order valence-electron chi connectivity index (χ2n) is 7.10. The minimum Gasteiger partial charge on any atom is -0.343 e. The number of imidazole rings is 1. The molecule has 3 rings (SSSR count). The summed E-state index contributed by atoms with van der Waals surface area (Å²) in [6.45, 7) is 8.64. The fourth-order valence-corrected chi connectivity index (χ4v) is 3.89. The molecule has 1 amide bonds. The Morgan fingerprint density at radius 1 is 1.22 bits per heavy atom. The van der Waals surface area contributed by atoms with E-state index in [2.05, 4.69) is 19.4 Å². The molecule has 0 atom stereocenters. The third-order valence-electron chi connectivity index (χ3n) is 5.40. The molecule has 0 aliphatic carbocycles. The number of carbonyl (C=O) groups excluding carboxylic acids is 1. The lowest BCUT2D eigenvalue weighted by Gasteiger charge is -2.34. The minimum absolute atomic E-state index is 0.336. The van der Waals surface area contributed by atoms with Gasteiger partial charge >= 0.3 is 0 Å². The molecule has 2 aliphatic rings. The van der Waals surface area contributed by atoms with Crippen molar-refractivity contribution in [3.8, 4) is 0 Å². The minimum atomic E-state index is 0.336. The summed E-state index contributed by atoms with van der Waals surface area (Å²) in [6, 6.07) is 0. The van der Waals surface area contributed by atoms with Crippen LogP contribution in [0.5, 0.6) is 0 Å². The van der Waals surface area contributed by atoms with E-state index in [1.54, 1.807) is 0 Å². The molecule has 5 nitrogen and oxygen atoms in total. The first-order valence-electron chi connectivity index (χ1n) is 9.20. The van der Waals surface area contributed by atoms with Crippen molar-refractivity contribution in [2.24, 2.45) is 5.92 Å². The molecule has 0 bridgehead atoms. The predicted molar refractivity (Wildman–Crippen MR) is 91.2 cm³/mol. The van der Waals surface area contributed by atoms with E-state index >= 15 is 0 Å². The average molecular weight is 318 g/mol. The smallest absolute Gasteiger partial charge is 0.222 e. The van der Waals surface area contributed by atoms with Crippen LogP contribution >= 0.6 is 0 Å². The summed E-state index contributed by atoms with van der Waals surface area (Å²) in [5, 5.41) is 0. The lowest BCUT2D eigenvalue weighted by molar-refractivity contribution is -0.132. The standard InChI is InChI=1S/C18H30N4O/c1-16-19-8-14-21(16)11-4-5-18(23)22-12-6-17(7-13-22)15-20-9-2-3-10-20/h8,14,17H,2-7,9-13,15H2,1H3. The van der Waals surface area contributed by atoms with E-state index in [1.165, 1.54) is 45.3 Å². The Labute approximate surface area is 139 Å². The van der Waals surface area contributed by atoms with Crippen molar-refractivity contribution in [2.75, 3.05) is 32.7 Å². The molecule has 0 N–H and O–H groups in total. The zero-order valence-corrected chi connectivity index (χ0v) is 14.4. The molecule has 0 radical (unpaired) electrons. The van der Waals surface area contributed by atoms with Gasteiger partial charge < -0.3 is 14.4 Å². The van der Waals surface area contributed by atoms with E-state index in [1.807, 2.05) is 19.3 Å². The monoisotopic (exact) mass is 318 g/mol. The van der Waals surface area contributed by atoms with Gasteiger partial charge in [-0.05, 0) is 58.0 Å². The zero-order valence-electron chi connectivity index (χ0n) is 14.4. The van der Waals surface area contributed by atoms with Gasteiger partial charge in [-0.2, -0.15) is 0 Å². The Morgan fingerprint density at radius 3 is 2.61 bits per heavy atom. The number of carbonyl (C=O) groups is 1. The van der Waals surface area contributed by atoms with Gasteiger partial charge in [0.15, 0.2) is 0 Å². The zero-order chi connectivity index (χ0) is 16.1. The lowest BCUT2D eigenvalue weighted by Crippen LogP contribution is -2.41. The number of nitrogens with zero attached hydrogens (tertiary/aromatic N) is 4. The van der Waals surface area contributed by atoms with Crippen LogP contribution in [0.3, 0.4) is 0 Å². The number of amides is 1. The van der Waals surface area contributed by atoms with Gasteiger partial charge in [-0.3, -0.25) is 4.79 Å². The molecule has 0 saturated carbocycles. The Morgan fingerprint density at radius 2 is 1.96 bits per heavy atom. The third kappa shape index (κ3) is 4.56. The van der Waals surface area contributed by atoms with Crippen LogP contribution in [-0.2, 0) is 11.3 Å². The van der Waals surface area contributed by atoms with E-state index in [4.69, 9.17) is 0 Å². The average Bonchev–Trinajstić information content (AvgIpc) is 3.20. The molecule has 2 fully saturated rings. The SMILES string of the molecule is Cc1nccn1CCCC(=O)N1CCC(CN2CCCC2)CC1. The van der Waals surface area contributed by atoms with Crippen LogP contribution in [0.15, 0.2) is 12.4 Å². The van der Waals surface area contributed by atoms with Gasteiger partial charge in [0, 0.05) is 45.0 Å². The number of rotatable bonds is 6. The second-order valence-corrected chi connectivity index (χ2v) is 7.10. The molecule has 128 valence electrons. The lowest BCUT2D eigenvalue weighted by atomic mass is 9.96. The Hall–Kier alpha value is -1.36. The van der Waals surface area contributed by atoms with Crippen LogP contribution in [-0.4, -0.2) is 58.0 Å². The van der Waals surface area contributed by atoms with E-state index in [0.29, 0.717) is 12.3 Å². The normalized spacial score (nSPS) is 20.3. The Balaban J connectivity index is 1.34. The Bertz CT molecular complexity index is 499. The molecular formula is C18H30N4O. The van der Waals surface area contributed by atoms with Gasteiger partial charge in [-0.1, -0.05) is 0 Å². The van der Waals surface area contributed by atoms with Gasteiger partial charge in [-0.25, -0.2) is 4.98 Å². The van der Waals surface area contributed by atoms with Gasteiger partial charge in [0.1, 0.15) is 5.82 Å². The van der Waals surface area contributed by atoms with Crippen LogP contribution in [0.1, 0.15) is 44.3 Å². The molecule has 1 aromatic heterocycles. The molecule has 1 aromatic rings. The number of aryl methyl sites for hydroxylation is 2. The molecule has 2 aliphatic heterocycles. The summed E-state index contributed by atoms with van der Waals surface area (Å²) in [4.78, 5) is 21.3. The summed E-state index contributed by atoms with van der Waals surface area (Å²) in [5.74, 6) is 2.16. The second kappa shape index (κ2) is 7.95. The molecule has 5 heteroatoms. The van der Waals surface area contributed by atoms with Crippen molar-refractivity contribution in [3.63, 3.8) is 0 Å². The van der Waals surface area contributed by atoms with Crippen LogP contribution in [0.2, 0.25) is 0 Å². The fourth-order valence-electron chi connectivity index (χ4n) is 3.89. The summed E-state index contributed by atoms with van der Waals surface area (Å²) >= 11 is 0. The maximum atomic E-state index is 12.4. The molecule has 3 heterocycles. The quantitative estimate of drug-likeness (QED) is 0.808. The van der Waals surface area contributed by atoms with Gasteiger partial charge in [0.05, 0.1) is 0 Å². The van der Waals surface area contributed by atoms with Gasteiger partial charge in [0.2, 0.25) is 5.91 Å². The third-order valence-corrected chi connectivity index (χ3v) is 5.40. The number of aromatic nitrogens is 2. The van der Waals surface area contributed by atoms with Gasteiger partial charge in [0.25, 0.3) is 0 Å². The van der Waals surface area contributed by atoms with Crippen molar-refractivity contribution in [1.29, 1.82) is 0 Å². The highest BCUT2D eigenvalue weighted by atomic mass is 16.2. The molecule has 2 saturated heterocycles. The first-order chi connectivity index (χ1) is 11.2. The van der Waals surface area contributed by atoms with E-state index in [0.717, 1.165) is 37.8 Å². The first-order valence-corrected chi connectivity index (χ1v) is 9.20. The van der Waals surface area contributed by atoms with Crippen LogP contribution in [0.25, 0.3) is 0 Å². The summed E-state index contributed by atoms with van der Waals surface area (Å²) < 4.78 is 2.12. The fraction of sp³-hybridized carbons (Fsp3) is 0.778. The van der Waals surface area contributed by atoms with Crippen LogP contribution in [0, 0.1) is 12.8 Å². The van der Waals surface area contributed by atoms with Crippen LogP contribution in [0.4, 0.5) is 0 Å². The molecule has 0 spiro atoms. The predicted octanol–water partition coefficient (Wildman–Crippen LogP) is 2.31. The van der Waals surface area contributed by atoms with E-state index < -0.39 is 0 Å². The number of piperidine rings is 1. The number of hydrogen-bond donors (Lipinski definition) is 0. The number of likely N-dealkylation sites (tertiary alicyclic amines) is 2. The highest BCUT2D eigenvalue weighted by Crippen LogP contribution is 2.21. The summed E-state index contributed by atoms with van der Waals surface area (Å²) in [5.41, 5.74) is 0. The maximum absolute atomic E-state index is 12.4. The van der Waals surface area contributed by atoms with Crippen molar-refractivity contribution >= 4 is 5.91 Å². The number of hydrogen-bond acceptors (Lipinski definition) is 3. The highest BCUT2D eigenvalue weighted by molar-refractivity contribution is 5.76. The van der Waals surface area contributed by atoms with Crippen molar-refractivity contribution in [1.82, 2.24) is 19.4 Å². The van der Waals surface area contributed by atoms with Gasteiger partial charge in [-0.15, -0.1) is 0 Å². The summed E-state index contributed by atoms with van der Waals surface area (Å²) in [7, 11) is 0. The molecule has 23 heavy (non-hydrogen) atoms. The van der Waals surface area contributed by atoms with Crippen molar-refractivity contribution in [3.05, 3.63) is 18.2 Å². The Kier molecular flexibility index (Phi) is 5.70. The molecule has 0 aromatic carbocycles. The van der Waals surface area contributed by atoms with Crippen molar-refractivity contribution in [2.45, 2.75) is 52.0 Å². The molecular weight excluding hydrogens is 288 g/mol. The maximum Gasteiger partial charge on any atom is 0.222 e. The topological polar surface area (TPSA) is 41.4 Å². The summed E-state index contributed by atoms with van der Waals surface area (Å²) in [6.07, 6.45) is 10.5. The van der Waals surface area contributed by atoms with Crippen LogP contribution < -0.4 is 0 Å².